The molecule has 1 aliphatic rings. The second kappa shape index (κ2) is 10.3. The minimum atomic E-state index is -0.786. The highest BCUT2D eigenvalue weighted by atomic mass is 32.1. The van der Waals surface area contributed by atoms with Crippen LogP contribution in [0.5, 0.6) is 23.0 Å². The number of aromatic nitrogens is 1. The Morgan fingerprint density at radius 2 is 1.78 bits per heavy atom. The number of phenols is 1. The fourth-order valence-corrected chi connectivity index (χ4v) is 5.12. The van der Waals surface area contributed by atoms with Crippen molar-refractivity contribution < 1.29 is 28.8 Å². The number of nitrogens with zero attached hydrogens (tertiary/aromatic N) is 2. The zero-order valence-corrected chi connectivity index (χ0v) is 21.3. The summed E-state index contributed by atoms with van der Waals surface area (Å²) >= 11 is 1.19. The summed E-state index contributed by atoms with van der Waals surface area (Å²) in [5.41, 5.74) is 1.65. The van der Waals surface area contributed by atoms with Crippen LogP contribution in [0.1, 0.15) is 31.0 Å². The molecule has 1 aliphatic heterocycles. The number of phenolic OH excluding ortho intramolecular Hbond substituents is 1. The van der Waals surface area contributed by atoms with E-state index in [1.54, 1.807) is 50.3 Å². The zero-order valence-electron chi connectivity index (χ0n) is 20.5. The monoisotopic (exact) mass is 510 g/mol. The zero-order chi connectivity index (χ0) is 26.0. The van der Waals surface area contributed by atoms with E-state index < -0.39 is 12.0 Å². The van der Waals surface area contributed by atoms with Gasteiger partial charge in [-0.2, -0.15) is 0 Å². The van der Waals surface area contributed by atoms with Crippen LogP contribution in [0.15, 0.2) is 57.5 Å². The van der Waals surface area contributed by atoms with E-state index in [0.29, 0.717) is 43.4 Å². The third-order valence-corrected chi connectivity index (χ3v) is 6.72. The number of rotatable bonds is 7. The maximum Gasteiger partial charge on any atom is 0.338 e. The van der Waals surface area contributed by atoms with Gasteiger partial charge in [0.15, 0.2) is 27.8 Å². The number of aromatic hydroxyl groups is 1. The molecule has 0 bridgehead atoms. The summed E-state index contributed by atoms with van der Waals surface area (Å²) in [7, 11) is 4.51. The Balaban J connectivity index is 1.95. The Hall–Kier alpha value is -4.05. The fourth-order valence-electron chi connectivity index (χ4n) is 4.08. The molecule has 1 unspecified atom stereocenters. The Bertz CT molecular complexity index is 1530. The van der Waals surface area contributed by atoms with Gasteiger partial charge in [0.25, 0.3) is 5.56 Å². The van der Waals surface area contributed by atoms with Crippen molar-refractivity contribution in [3.05, 3.63) is 78.5 Å². The minimum absolute atomic E-state index is 0.0392. The number of esters is 1. The molecule has 0 spiro atoms. The maximum atomic E-state index is 13.7. The summed E-state index contributed by atoms with van der Waals surface area (Å²) < 4.78 is 23.1. The summed E-state index contributed by atoms with van der Waals surface area (Å²) in [5, 5.41) is 10.1. The maximum absolute atomic E-state index is 13.7. The first-order valence-corrected chi connectivity index (χ1v) is 11.9. The number of ether oxygens (including phenoxy) is 4. The van der Waals surface area contributed by atoms with Crippen molar-refractivity contribution in [1.29, 1.82) is 0 Å². The van der Waals surface area contributed by atoms with Gasteiger partial charge in [0.05, 0.1) is 49.8 Å². The van der Waals surface area contributed by atoms with Gasteiger partial charge in [-0.3, -0.25) is 9.36 Å². The smallest absolute Gasteiger partial charge is 0.338 e. The van der Waals surface area contributed by atoms with Gasteiger partial charge >= 0.3 is 5.97 Å². The lowest BCUT2D eigenvalue weighted by Crippen LogP contribution is -2.39. The highest BCUT2D eigenvalue weighted by molar-refractivity contribution is 7.07. The van der Waals surface area contributed by atoms with Crippen LogP contribution in [0.3, 0.4) is 0 Å². The Morgan fingerprint density at radius 3 is 2.42 bits per heavy atom. The van der Waals surface area contributed by atoms with E-state index in [-0.39, 0.29) is 23.5 Å². The molecule has 0 aliphatic carbocycles. The first-order chi connectivity index (χ1) is 17.3. The molecular formula is C26H26N2O7S. The number of hydrogen-bond donors (Lipinski definition) is 1. The number of hydrogen-bond acceptors (Lipinski definition) is 9. The number of carbonyl (C=O) groups excluding carboxylic acids is 1. The molecule has 188 valence electrons. The van der Waals surface area contributed by atoms with Crippen LogP contribution in [0.4, 0.5) is 0 Å². The van der Waals surface area contributed by atoms with Gasteiger partial charge in [0.2, 0.25) is 0 Å². The lowest BCUT2D eigenvalue weighted by atomic mass is 9.95. The van der Waals surface area contributed by atoms with E-state index in [0.717, 1.165) is 0 Å². The van der Waals surface area contributed by atoms with Crippen molar-refractivity contribution in [1.82, 2.24) is 4.57 Å². The number of carbonyl (C=O) groups is 1. The summed E-state index contributed by atoms with van der Waals surface area (Å²) in [6, 6.07) is 9.32. The molecule has 9 nitrogen and oxygen atoms in total. The van der Waals surface area contributed by atoms with Gasteiger partial charge in [0, 0.05) is 0 Å². The minimum Gasteiger partial charge on any atom is -0.504 e. The molecule has 0 amide bonds. The predicted molar refractivity (Wildman–Crippen MR) is 135 cm³/mol. The SMILES string of the molecule is CCOC(=O)C1=C(C)N=c2sc(=Cc3ccc(OC)c(O)c3)c(=O)n2C1c1ccc(OC)c(OC)c1. The van der Waals surface area contributed by atoms with E-state index in [4.69, 9.17) is 18.9 Å². The van der Waals surface area contributed by atoms with Crippen LogP contribution in [0, 0.1) is 0 Å². The quantitative estimate of drug-likeness (QED) is 0.487. The molecular weight excluding hydrogens is 484 g/mol. The number of benzene rings is 2. The molecule has 4 rings (SSSR count). The third-order valence-electron chi connectivity index (χ3n) is 5.74. The van der Waals surface area contributed by atoms with Crippen molar-refractivity contribution in [2.75, 3.05) is 27.9 Å². The third kappa shape index (κ3) is 4.47. The highest BCUT2D eigenvalue weighted by Crippen LogP contribution is 2.36. The Kier molecular flexibility index (Phi) is 7.16. The summed E-state index contributed by atoms with van der Waals surface area (Å²) in [5.74, 6) is 0.724. The first kappa shape index (κ1) is 25.1. The van der Waals surface area contributed by atoms with Gasteiger partial charge in [-0.15, -0.1) is 0 Å². The van der Waals surface area contributed by atoms with Crippen molar-refractivity contribution in [2.45, 2.75) is 19.9 Å². The fraction of sp³-hybridized carbons (Fsp3) is 0.269. The van der Waals surface area contributed by atoms with Crippen molar-refractivity contribution in [2.24, 2.45) is 4.99 Å². The molecule has 0 saturated heterocycles. The summed E-state index contributed by atoms with van der Waals surface area (Å²) in [4.78, 5) is 31.7. The van der Waals surface area contributed by atoms with Crippen LogP contribution < -0.4 is 29.1 Å². The van der Waals surface area contributed by atoms with Crippen LogP contribution in [0.25, 0.3) is 6.08 Å². The number of methoxy groups -OCH3 is 3. The largest absolute Gasteiger partial charge is 0.504 e. The summed E-state index contributed by atoms with van der Waals surface area (Å²) in [6.07, 6.45) is 1.66. The van der Waals surface area contributed by atoms with Gasteiger partial charge in [0.1, 0.15) is 0 Å². The van der Waals surface area contributed by atoms with Crippen LogP contribution in [-0.2, 0) is 9.53 Å². The van der Waals surface area contributed by atoms with Crippen molar-refractivity contribution >= 4 is 23.4 Å². The molecule has 10 heteroatoms. The molecule has 36 heavy (non-hydrogen) atoms. The normalized spacial score (nSPS) is 15.2. The summed E-state index contributed by atoms with van der Waals surface area (Å²) in [6.45, 7) is 3.62. The molecule has 0 radical (unpaired) electrons. The van der Waals surface area contributed by atoms with Crippen molar-refractivity contribution in [3.8, 4) is 23.0 Å². The Labute approximate surface area is 211 Å². The number of allylic oxidation sites excluding steroid dienone is 1. The van der Waals surface area contributed by atoms with Crippen LogP contribution >= 0.6 is 11.3 Å². The Morgan fingerprint density at radius 1 is 1.08 bits per heavy atom. The van der Waals surface area contributed by atoms with Crippen LogP contribution in [0.2, 0.25) is 0 Å². The lowest BCUT2D eigenvalue weighted by molar-refractivity contribution is -0.139. The topological polar surface area (TPSA) is 109 Å². The average Bonchev–Trinajstić information content (AvgIpc) is 3.17. The lowest BCUT2D eigenvalue weighted by Gasteiger charge is -2.25. The van der Waals surface area contributed by atoms with E-state index in [1.165, 1.54) is 43.3 Å². The average molecular weight is 511 g/mol. The highest BCUT2D eigenvalue weighted by Gasteiger charge is 2.33. The molecule has 1 atom stereocenters. The molecule has 0 fully saturated rings. The van der Waals surface area contributed by atoms with E-state index in [9.17, 15) is 14.7 Å². The van der Waals surface area contributed by atoms with Crippen molar-refractivity contribution in [3.63, 3.8) is 0 Å². The molecule has 0 saturated carbocycles. The molecule has 1 aromatic heterocycles. The van der Waals surface area contributed by atoms with Gasteiger partial charge in [-0.1, -0.05) is 23.5 Å². The number of thiazole rings is 1. The van der Waals surface area contributed by atoms with Gasteiger partial charge in [-0.25, -0.2) is 9.79 Å². The van der Waals surface area contributed by atoms with E-state index in [2.05, 4.69) is 4.99 Å². The number of fused-ring (bicyclic) bond motifs is 1. The van der Waals surface area contributed by atoms with E-state index >= 15 is 0 Å². The van der Waals surface area contributed by atoms with Gasteiger partial charge < -0.3 is 24.1 Å². The molecule has 3 aromatic rings. The molecule has 1 N–H and O–H groups in total. The van der Waals surface area contributed by atoms with E-state index in [1.807, 2.05) is 0 Å². The second-order valence-electron chi connectivity index (χ2n) is 7.85. The van der Waals surface area contributed by atoms with Crippen LogP contribution in [-0.4, -0.2) is 43.6 Å². The molecule has 2 heterocycles. The predicted octanol–water partition coefficient (Wildman–Crippen LogP) is 2.53. The second-order valence-corrected chi connectivity index (χ2v) is 8.86. The first-order valence-electron chi connectivity index (χ1n) is 11.1. The standard InChI is InChI=1S/C26H26N2O7S/c1-6-35-25(31)22-14(2)27-26-28(23(22)16-8-10-19(33-4)20(13-16)34-5)24(30)21(36-26)12-15-7-9-18(32-3)17(29)11-15/h7-13,23,29H,6H2,1-5H3. The molecule has 2 aromatic carbocycles. The van der Waals surface area contributed by atoms with Gasteiger partial charge in [-0.05, 0) is 55.3 Å².